The zero-order valence-electron chi connectivity index (χ0n) is 11.3. The van der Waals surface area contributed by atoms with Crippen molar-refractivity contribution >= 4 is 10.0 Å². The van der Waals surface area contributed by atoms with Gasteiger partial charge in [0.05, 0.1) is 12.6 Å². The van der Waals surface area contributed by atoms with Gasteiger partial charge < -0.3 is 14.5 Å². The molecule has 0 aromatic carbocycles. The number of rotatable bonds is 7. The predicted octanol–water partition coefficient (Wildman–Crippen LogP) is 0.989. The molecule has 1 saturated heterocycles. The molecule has 1 unspecified atom stereocenters. The van der Waals surface area contributed by atoms with Crippen LogP contribution in [0, 0.1) is 0 Å². The molecule has 0 radical (unpaired) electrons. The van der Waals surface area contributed by atoms with Gasteiger partial charge in [-0.2, -0.15) is 0 Å². The Balaban J connectivity index is 1.55. The van der Waals surface area contributed by atoms with Crippen molar-refractivity contribution < 1.29 is 17.6 Å². The van der Waals surface area contributed by atoms with Crippen LogP contribution >= 0.6 is 0 Å². The fourth-order valence-corrected chi connectivity index (χ4v) is 3.22. The summed E-state index contributed by atoms with van der Waals surface area (Å²) < 4.78 is 37.5. The minimum absolute atomic E-state index is 0.0178. The molecule has 1 aliphatic carbocycles. The highest BCUT2D eigenvalue weighted by Gasteiger charge is 2.24. The van der Waals surface area contributed by atoms with Gasteiger partial charge in [0, 0.05) is 19.2 Å². The Hall–Kier alpha value is -0.890. The molecule has 1 aromatic heterocycles. The van der Waals surface area contributed by atoms with E-state index in [1.54, 1.807) is 6.07 Å². The van der Waals surface area contributed by atoms with E-state index in [-0.39, 0.29) is 11.2 Å². The zero-order valence-corrected chi connectivity index (χ0v) is 12.1. The summed E-state index contributed by atoms with van der Waals surface area (Å²) in [6, 6.07) is 3.77. The van der Waals surface area contributed by atoms with E-state index in [2.05, 4.69) is 10.0 Å². The van der Waals surface area contributed by atoms with Gasteiger partial charge in [0.2, 0.25) is 5.09 Å². The number of nitrogens with one attached hydrogen (secondary N) is 2. The highest BCUT2D eigenvalue weighted by molar-refractivity contribution is 7.89. The second-order valence-electron chi connectivity index (χ2n) is 5.36. The van der Waals surface area contributed by atoms with Gasteiger partial charge in [0.25, 0.3) is 10.0 Å². The minimum Gasteiger partial charge on any atom is -0.447 e. The smallest absolute Gasteiger partial charge is 0.274 e. The fourth-order valence-electron chi connectivity index (χ4n) is 2.21. The Morgan fingerprint density at radius 3 is 2.80 bits per heavy atom. The number of hydrogen-bond acceptors (Lipinski definition) is 5. The van der Waals surface area contributed by atoms with Gasteiger partial charge in [-0.15, -0.1) is 0 Å². The summed E-state index contributed by atoms with van der Waals surface area (Å²) >= 11 is 0. The lowest BCUT2D eigenvalue weighted by Gasteiger charge is -2.09. The van der Waals surface area contributed by atoms with E-state index in [4.69, 9.17) is 9.15 Å². The predicted molar refractivity (Wildman–Crippen MR) is 72.7 cm³/mol. The van der Waals surface area contributed by atoms with Crippen LogP contribution in [-0.2, 0) is 21.3 Å². The first-order valence-corrected chi connectivity index (χ1v) is 8.55. The van der Waals surface area contributed by atoms with Crippen molar-refractivity contribution in [1.82, 2.24) is 10.0 Å². The average molecular weight is 300 g/mol. The molecule has 2 aliphatic rings. The molecule has 0 bridgehead atoms. The molecule has 0 amide bonds. The Labute approximate surface area is 118 Å². The molecule has 112 valence electrons. The van der Waals surface area contributed by atoms with Crippen LogP contribution in [-0.4, -0.2) is 33.7 Å². The molecule has 7 heteroatoms. The molecule has 0 spiro atoms. The van der Waals surface area contributed by atoms with E-state index in [9.17, 15) is 8.42 Å². The van der Waals surface area contributed by atoms with Crippen LogP contribution in [0.4, 0.5) is 0 Å². The maximum Gasteiger partial charge on any atom is 0.274 e. The van der Waals surface area contributed by atoms with Gasteiger partial charge in [-0.25, -0.2) is 13.1 Å². The lowest BCUT2D eigenvalue weighted by Crippen LogP contribution is -2.31. The zero-order chi connectivity index (χ0) is 14.0. The first-order chi connectivity index (χ1) is 9.63. The second kappa shape index (κ2) is 5.85. The summed E-state index contributed by atoms with van der Waals surface area (Å²) in [5.74, 6) is 0.648. The largest absolute Gasteiger partial charge is 0.447 e. The van der Waals surface area contributed by atoms with E-state index < -0.39 is 10.0 Å². The van der Waals surface area contributed by atoms with Crippen LogP contribution < -0.4 is 10.0 Å². The van der Waals surface area contributed by atoms with Gasteiger partial charge in [0.1, 0.15) is 5.76 Å². The highest BCUT2D eigenvalue weighted by atomic mass is 32.2. The van der Waals surface area contributed by atoms with Crippen LogP contribution in [0.1, 0.15) is 31.4 Å². The van der Waals surface area contributed by atoms with Crippen molar-refractivity contribution in [2.45, 2.75) is 49.5 Å². The van der Waals surface area contributed by atoms with Crippen molar-refractivity contribution in [1.29, 1.82) is 0 Å². The van der Waals surface area contributed by atoms with Gasteiger partial charge in [-0.1, -0.05) is 0 Å². The average Bonchev–Trinajstić information content (AvgIpc) is 2.94. The molecule has 2 N–H and O–H groups in total. The standard InChI is InChI=1S/C13H20N2O4S/c16-20(17,15-9-11-2-1-7-18-11)13-6-5-12(19-13)8-14-10-3-4-10/h5-6,10-11,14-15H,1-4,7-9H2. The molecule has 1 aliphatic heterocycles. The summed E-state index contributed by atoms with van der Waals surface area (Å²) in [5, 5.41) is 3.26. The van der Waals surface area contributed by atoms with Crippen molar-refractivity contribution in [2.24, 2.45) is 0 Å². The van der Waals surface area contributed by atoms with Crippen molar-refractivity contribution in [2.75, 3.05) is 13.2 Å². The molecule has 1 saturated carbocycles. The SMILES string of the molecule is O=S(=O)(NCC1CCCO1)c1ccc(CNC2CC2)o1. The Morgan fingerprint density at radius 1 is 1.25 bits per heavy atom. The maximum absolute atomic E-state index is 12.1. The molecular formula is C13H20N2O4S. The molecular weight excluding hydrogens is 280 g/mol. The van der Waals surface area contributed by atoms with Gasteiger partial charge in [-0.3, -0.25) is 0 Å². The quantitative estimate of drug-likeness (QED) is 0.785. The summed E-state index contributed by atoms with van der Waals surface area (Å²) in [6.07, 6.45) is 4.25. The Bertz CT molecular complexity index is 544. The minimum atomic E-state index is -3.57. The second-order valence-corrected chi connectivity index (χ2v) is 7.06. The summed E-state index contributed by atoms with van der Waals surface area (Å²) in [7, 11) is -3.57. The highest BCUT2D eigenvalue weighted by Crippen LogP contribution is 2.20. The molecule has 2 fully saturated rings. The van der Waals surface area contributed by atoms with Crippen LogP contribution in [0.15, 0.2) is 21.6 Å². The van der Waals surface area contributed by atoms with Crippen LogP contribution in [0.25, 0.3) is 0 Å². The Morgan fingerprint density at radius 2 is 2.10 bits per heavy atom. The van der Waals surface area contributed by atoms with Gasteiger partial charge >= 0.3 is 0 Å². The van der Waals surface area contributed by atoms with Crippen molar-refractivity contribution in [3.63, 3.8) is 0 Å². The summed E-state index contributed by atoms with van der Waals surface area (Å²) in [5.41, 5.74) is 0. The van der Waals surface area contributed by atoms with Crippen LogP contribution in [0.3, 0.4) is 0 Å². The molecule has 6 nitrogen and oxygen atoms in total. The van der Waals surface area contributed by atoms with E-state index in [1.807, 2.05) is 0 Å². The lowest BCUT2D eigenvalue weighted by molar-refractivity contribution is 0.114. The van der Waals surface area contributed by atoms with E-state index in [0.717, 1.165) is 12.8 Å². The monoisotopic (exact) mass is 300 g/mol. The topological polar surface area (TPSA) is 80.6 Å². The molecule has 20 heavy (non-hydrogen) atoms. The first kappa shape index (κ1) is 14.1. The fraction of sp³-hybridized carbons (Fsp3) is 0.692. The molecule has 2 heterocycles. The number of hydrogen-bond donors (Lipinski definition) is 2. The van der Waals surface area contributed by atoms with E-state index >= 15 is 0 Å². The number of furan rings is 1. The van der Waals surface area contributed by atoms with E-state index in [0.29, 0.717) is 31.5 Å². The van der Waals surface area contributed by atoms with Crippen LogP contribution in [0.2, 0.25) is 0 Å². The first-order valence-electron chi connectivity index (χ1n) is 7.07. The van der Waals surface area contributed by atoms with Gasteiger partial charge in [-0.05, 0) is 37.8 Å². The normalized spacial score (nSPS) is 23.3. The van der Waals surface area contributed by atoms with Crippen molar-refractivity contribution in [3.8, 4) is 0 Å². The summed E-state index contributed by atoms with van der Waals surface area (Å²) in [6.45, 7) is 1.59. The third kappa shape index (κ3) is 3.60. The maximum atomic E-state index is 12.1. The summed E-state index contributed by atoms with van der Waals surface area (Å²) in [4.78, 5) is 0. The molecule has 1 aromatic rings. The van der Waals surface area contributed by atoms with Crippen molar-refractivity contribution in [3.05, 3.63) is 17.9 Å². The number of sulfonamides is 1. The third-order valence-electron chi connectivity index (χ3n) is 3.57. The lowest BCUT2D eigenvalue weighted by atomic mass is 10.2. The molecule has 1 atom stereocenters. The molecule has 3 rings (SSSR count). The van der Waals surface area contributed by atoms with Gasteiger partial charge in [0.15, 0.2) is 0 Å². The van der Waals surface area contributed by atoms with Crippen LogP contribution in [0.5, 0.6) is 0 Å². The number of ether oxygens (including phenoxy) is 1. The van der Waals surface area contributed by atoms with E-state index in [1.165, 1.54) is 18.9 Å². The Kier molecular flexibility index (Phi) is 4.11. The third-order valence-corrected chi connectivity index (χ3v) is 4.87.